The predicted octanol–water partition coefficient (Wildman–Crippen LogP) is 2.78. The fourth-order valence-electron chi connectivity index (χ4n) is 5.10. The molecule has 1 aromatic carbocycles. The lowest BCUT2D eigenvalue weighted by Crippen LogP contribution is -2.50. The van der Waals surface area contributed by atoms with Crippen LogP contribution >= 0.6 is 0 Å². The Morgan fingerprint density at radius 2 is 2.00 bits per heavy atom. The fraction of sp³-hybridized carbons (Fsp3) is 0.609. The van der Waals surface area contributed by atoms with E-state index in [0.29, 0.717) is 0 Å². The molecule has 0 spiro atoms. The largest absolute Gasteiger partial charge is 0.493 e. The highest BCUT2D eigenvalue weighted by Crippen LogP contribution is 2.33. The van der Waals surface area contributed by atoms with Crippen LogP contribution in [0.25, 0.3) is 0 Å². The van der Waals surface area contributed by atoms with Crippen LogP contribution < -0.4 is 4.74 Å². The minimum atomic E-state index is 0.184. The van der Waals surface area contributed by atoms with Crippen molar-refractivity contribution < 1.29 is 9.47 Å². The van der Waals surface area contributed by atoms with Gasteiger partial charge in [0.15, 0.2) is 0 Å². The van der Waals surface area contributed by atoms with Gasteiger partial charge in [-0.3, -0.25) is 9.58 Å². The molecule has 0 aliphatic carbocycles. The Morgan fingerprint density at radius 1 is 1.10 bits per heavy atom. The molecule has 4 heterocycles. The summed E-state index contributed by atoms with van der Waals surface area (Å²) in [4.78, 5) is 5.18. The fourth-order valence-corrected chi connectivity index (χ4v) is 5.10. The summed E-state index contributed by atoms with van der Waals surface area (Å²) < 4.78 is 14.0. The second kappa shape index (κ2) is 8.46. The molecule has 0 saturated carbocycles. The Hall–Kier alpha value is -1.89. The number of aromatic nitrogens is 2. The molecular formula is C23H32N4O2. The summed E-state index contributed by atoms with van der Waals surface area (Å²) >= 11 is 0. The monoisotopic (exact) mass is 396 g/mol. The molecule has 3 aliphatic heterocycles. The number of likely N-dealkylation sites (tertiary alicyclic amines) is 1. The van der Waals surface area contributed by atoms with Crippen molar-refractivity contribution in [1.82, 2.24) is 19.6 Å². The van der Waals surface area contributed by atoms with Gasteiger partial charge in [-0.25, -0.2) is 0 Å². The SMILES string of the molecule is Cn1cc([C@H]2[C@H](CN3CCCCC3)OCCN2Cc2ccc3c(c2)CCO3)cn1. The van der Waals surface area contributed by atoms with Crippen molar-refractivity contribution in [2.24, 2.45) is 7.05 Å². The van der Waals surface area contributed by atoms with Gasteiger partial charge in [0.2, 0.25) is 0 Å². The van der Waals surface area contributed by atoms with Crippen molar-refractivity contribution in [2.45, 2.75) is 44.4 Å². The van der Waals surface area contributed by atoms with Crippen molar-refractivity contribution in [3.05, 3.63) is 47.3 Å². The van der Waals surface area contributed by atoms with E-state index >= 15 is 0 Å². The third kappa shape index (κ3) is 4.20. The van der Waals surface area contributed by atoms with E-state index < -0.39 is 0 Å². The Labute approximate surface area is 173 Å². The highest BCUT2D eigenvalue weighted by atomic mass is 16.5. The van der Waals surface area contributed by atoms with Gasteiger partial charge in [0.1, 0.15) is 5.75 Å². The van der Waals surface area contributed by atoms with Crippen LogP contribution in [0.5, 0.6) is 5.75 Å². The molecule has 0 N–H and O–H groups in total. The van der Waals surface area contributed by atoms with Gasteiger partial charge in [-0.15, -0.1) is 0 Å². The summed E-state index contributed by atoms with van der Waals surface area (Å²) in [6.45, 7) is 6.90. The number of nitrogens with zero attached hydrogens (tertiary/aromatic N) is 4. The topological polar surface area (TPSA) is 42.8 Å². The van der Waals surface area contributed by atoms with Gasteiger partial charge < -0.3 is 14.4 Å². The minimum Gasteiger partial charge on any atom is -0.493 e. The van der Waals surface area contributed by atoms with Crippen molar-refractivity contribution >= 4 is 0 Å². The van der Waals surface area contributed by atoms with Gasteiger partial charge in [0.25, 0.3) is 0 Å². The Kier molecular flexibility index (Phi) is 5.57. The first kappa shape index (κ1) is 19.1. The Bertz CT molecular complexity index is 830. The first-order valence-corrected chi connectivity index (χ1v) is 11.1. The number of hydrogen-bond donors (Lipinski definition) is 0. The van der Waals surface area contributed by atoms with Crippen LogP contribution in [0.4, 0.5) is 0 Å². The van der Waals surface area contributed by atoms with Crippen molar-refractivity contribution in [3.63, 3.8) is 0 Å². The van der Waals surface area contributed by atoms with Gasteiger partial charge in [0, 0.05) is 44.9 Å². The molecule has 3 aliphatic rings. The summed E-state index contributed by atoms with van der Waals surface area (Å²) in [5, 5.41) is 4.47. The van der Waals surface area contributed by atoms with E-state index in [-0.39, 0.29) is 12.1 Å². The first-order valence-electron chi connectivity index (χ1n) is 11.1. The maximum atomic E-state index is 6.36. The molecule has 0 radical (unpaired) electrons. The zero-order valence-corrected chi connectivity index (χ0v) is 17.4. The molecule has 2 fully saturated rings. The molecule has 2 aromatic rings. The highest BCUT2D eigenvalue weighted by Gasteiger charge is 2.35. The smallest absolute Gasteiger partial charge is 0.122 e. The van der Waals surface area contributed by atoms with Gasteiger partial charge in [0.05, 0.1) is 31.6 Å². The second-order valence-corrected chi connectivity index (χ2v) is 8.67. The quantitative estimate of drug-likeness (QED) is 0.778. The van der Waals surface area contributed by atoms with Crippen LogP contribution in [0, 0.1) is 0 Å². The third-order valence-corrected chi connectivity index (χ3v) is 6.55. The van der Waals surface area contributed by atoms with Gasteiger partial charge in [-0.1, -0.05) is 18.6 Å². The molecule has 5 rings (SSSR count). The molecule has 156 valence electrons. The van der Waals surface area contributed by atoms with E-state index in [4.69, 9.17) is 9.47 Å². The van der Waals surface area contributed by atoms with Crippen LogP contribution in [0.2, 0.25) is 0 Å². The van der Waals surface area contributed by atoms with Crippen molar-refractivity contribution in [2.75, 3.05) is 39.4 Å². The van der Waals surface area contributed by atoms with E-state index in [1.54, 1.807) is 0 Å². The second-order valence-electron chi connectivity index (χ2n) is 8.67. The minimum absolute atomic E-state index is 0.184. The number of rotatable bonds is 5. The van der Waals surface area contributed by atoms with Crippen LogP contribution in [0.3, 0.4) is 0 Å². The molecule has 0 unspecified atom stereocenters. The lowest BCUT2D eigenvalue weighted by atomic mass is 9.98. The lowest BCUT2D eigenvalue weighted by Gasteiger charge is -2.43. The predicted molar refractivity (Wildman–Crippen MR) is 112 cm³/mol. The van der Waals surface area contributed by atoms with Gasteiger partial charge in [-0.2, -0.15) is 5.10 Å². The molecule has 2 saturated heterocycles. The zero-order chi connectivity index (χ0) is 19.6. The first-order chi connectivity index (χ1) is 14.3. The average molecular weight is 397 g/mol. The van der Waals surface area contributed by atoms with Crippen molar-refractivity contribution in [1.29, 1.82) is 0 Å². The molecule has 6 nitrogen and oxygen atoms in total. The molecule has 2 atom stereocenters. The number of fused-ring (bicyclic) bond motifs is 1. The van der Waals surface area contributed by atoms with E-state index in [1.807, 2.05) is 17.9 Å². The molecule has 6 heteroatoms. The third-order valence-electron chi connectivity index (χ3n) is 6.55. The summed E-state index contributed by atoms with van der Waals surface area (Å²) in [7, 11) is 2.00. The maximum Gasteiger partial charge on any atom is 0.122 e. The summed E-state index contributed by atoms with van der Waals surface area (Å²) in [5.41, 5.74) is 3.97. The van der Waals surface area contributed by atoms with Crippen molar-refractivity contribution in [3.8, 4) is 5.75 Å². The number of morpholine rings is 1. The van der Waals surface area contributed by atoms with Crippen LogP contribution in [0.1, 0.15) is 42.0 Å². The summed E-state index contributed by atoms with van der Waals surface area (Å²) in [6.07, 6.45) is 9.37. The molecule has 29 heavy (non-hydrogen) atoms. The number of ether oxygens (including phenoxy) is 2. The lowest BCUT2D eigenvalue weighted by molar-refractivity contribution is -0.0890. The van der Waals surface area contributed by atoms with E-state index in [1.165, 1.54) is 49.0 Å². The average Bonchev–Trinajstić information content (AvgIpc) is 3.37. The molecule has 0 bridgehead atoms. The zero-order valence-electron chi connectivity index (χ0n) is 17.4. The van der Waals surface area contributed by atoms with E-state index in [9.17, 15) is 0 Å². The highest BCUT2D eigenvalue weighted by molar-refractivity contribution is 5.39. The number of hydrogen-bond acceptors (Lipinski definition) is 5. The molecular weight excluding hydrogens is 364 g/mol. The summed E-state index contributed by atoms with van der Waals surface area (Å²) in [5.74, 6) is 1.06. The van der Waals surface area contributed by atoms with Crippen LogP contribution in [-0.4, -0.2) is 65.1 Å². The molecule has 0 amide bonds. The van der Waals surface area contributed by atoms with Crippen LogP contribution in [-0.2, 0) is 24.8 Å². The summed E-state index contributed by atoms with van der Waals surface area (Å²) in [6, 6.07) is 6.93. The van der Waals surface area contributed by atoms with E-state index in [0.717, 1.165) is 45.0 Å². The standard InChI is InChI=1S/C23H32N4O2/c1-25-16-20(14-24-25)23-22(17-26-8-3-2-4-9-26)29-12-10-27(23)15-18-5-6-21-19(13-18)7-11-28-21/h5-6,13-14,16,22-23H,2-4,7-12,15,17H2,1H3/t22-,23-/m0/s1. The normalized spacial score (nSPS) is 25.7. The molecule has 1 aromatic heterocycles. The maximum absolute atomic E-state index is 6.36. The number of benzene rings is 1. The van der Waals surface area contributed by atoms with Gasteiger partial charge in [-0.05, 0) is 43.1 Å². The van der Waals surface area contributed by atoms with E-state index in [2.05, 4.69) is 39.3 Å². The Morgan fingerprint density at radius 3 is 2.83 bits per heavy atom. The Balaban J connectivity index is 1.38. The van der Waals surface area contributed by atoms with Gasteiger partial charge >= 0.3 is 0 Å². The number of aryl methyl sites for hydroxylation is 1. The van der Waals surface area contributed by atoms with Crippen LogP contribution in [0.15, 0.2) is 30.6 Å². The number of piperidine rings is 1.